The molecule has 4 heteroatoms. The highest BCUT2D eigenvalue weighted by atomic mass is 16.5. The van der Waals surface area contributed by atoms with Gasteiger partial charge in [-0.1, -0.05) is 0 Å². The van der Waals surface area contributed by atoms with E-state index in [1.165, 1.54) is 0 Å². The van der Waals surface area contributed by atoms with E-state index in [9.17, 15) is 4.79 Å². The molecule has 0 heterocycles. The molecular weight excluding hydrogens is 218 g/mol. The molecule has 0 amide bonds. The first-order chi connectivity index (χ1) is 7.65. The van der Waals surface area contributed by atoms with E-state index in [4.69, 9.17) is 15.2 Å². The highest BCUT2D eigenvalue weighted by molar-refractivity contribution is 5.77. The Kier molecular flexibility index (Phi) is 6.13. The number of hydrogen-bond acceptors (Lipinski definition) is 4. The summed E-state index contributed by atoms with van der Waals surface area (Å²) in [5.74, 6) is -0.228. The summed E-state index contributed by atoms with van der Waals surface area (Å²) in [6.07, 6.45) is 1.66. The fourth-order valence-corrected chi connectivity index (χ4v) is 1.25. The lowest BCUT2D eigenvalue weighted by Gasteiger charge is -2.38. The Balaban J connectivity index is 4.22. The molecule has 0 aromatic heterocycles. The van der Waals surface area contributed by atoms with Crippen molar-refractivity contribution in [2.24, 2.45) is 11.1 Å². The van der Waals surface area contributed by atoms with Gasteiger partial charge in [0.1, 0.15) is 0 Å². The fraction of sp³-hybridized carbons (Fsp3) is 0.923. The summed E-state index contributed by atoms with van der Waals surface area (Å²) in [6, 6.07) is 0.150. The fourth-order valence-electron chi connectivity index (χ4n) is 1.25. The van der Waals surface area contributed by atoms with Crippen LogP contribution in [-0.4, -0.2) is 31.3 Å². The van der Waals surface area contributed by atoms with E-state index in [0.717, 1.165) is 12.8 Å². The van der Waals surface area contributed by atoms with Crippen LogP contribution in [0.2, 0.25) is 0 Å². The topological polar surface area (TPSA) is 61.5 Å². The summed E-state index contributed by atoms with van der Waals surface area (Å²) < 4.78 is 10.6. The molecule has 0 bridgehead atoms. The van der Waals surface area contributed by atoms with Gasteiger partial charge >= 0.3 is 5.97 Å². The molecule has 0 rings (SSSR count). The molecule has 1 unspecified atom stereocenters. The Labute approximate surface area is 105 Å². The lowest BCUT2D eigenvalue weighted by atomic mass is 9.77. The molecule has 0 aliphatic heterocycles. The van der Waals surface area contributed by atoms with Crippen LogP contribution in [0.15, 0.2) is 0 Å². The number of carbonyl (C=O) groups is 1. The van der Waals surface area contributed by atoms with Gasteiger partial charge < -0.3 is 15.2 Å². The first-order valence-electron chi connectivity index (χ1n) is 6.13. The molecule has 0 aliphatic rings. The smallest absolute Gasteiger partial charge is 0.314 e. The van der Waals surface area contributed by atoms with E-state index in [-0.39, 0.29) is 12.0 Å². The number of nitrogens with two attached hydrogens (primary N) is 1. The van der Waals surface area contributed by atoms with Crippen LogP contribution in [0.4, 0.5) is 0 Å². The third-order valence-corrected chi connectivity index (χ3v) is 3.56. The molecular formula is C13H27NO3. The van der Waals surface area contributed by atoms with Crippen LogP contribution in [0.5, 0.6) is 0 Å². The van der Waals surface area contributed by atoms with Crippen molar-refractivity contribution in [2.45, 2.75) is 59.1 Å². The van der Waals surface area contributed by atoms with E-state index >= 15 is 0 Å². The minimum absolute atomic E-state index is 0.150. The average Bonchev–Trinajstić information content (AvgIpc) is 2.23. The van der Waals surface area contributed by atoms with Gasteiger partial charge in [0.25, 0.3) is 0 Å². The van der Waals surface area contributed by atoms with E-state index in [1.54, 1.807) is 7.11 Å². The van der Waals surface area contributed by atoms with Crippen molar-refractivity contribution in [3.05, 3.63) is 0 Å². The summed E-state index contributed by atoms with van der Waals surface area (Å²) in [5.41, 5.74) is 4.40. The zero-order valence-corrected chi connectivity index (χ0v) is 12.0. The van der Waals surface area contributed by atoms with Crippen molar-refractivity contribution in [1.29, 1.82) is 0 Å². The van der Waals surface area contributed by atoms with Gasteiger partial charge in [0.15, 0.2) is 0 Å². The lowest BCUT2D eigenvalue weighted by molar-refractivity contribution is -0.171. The average molecular weight is 245 g/mol. The standard InChI is InChI=1S/C13H27NO3/c1-10(14)8-7-9-17-11(15)12(2,3)13(4,5)16-6/h10H,7-9,14H2,1-6H3. The quantitative estimate of drug-likeness (QED) is 0.551. The molecule has 0 aromatic rings. The van der Waals surface area contributed by atoms with E-state index in [0.29, 0.717) is 6.61 Å². The zero-order valence-electron chi connectivity index (χ0n) is 12.0. The van der Waals surface area contributed by atoms with Gasteiger partial charge in [-0.15, -0.1) is 0 Å². The number of hydrogen-bond donors (Lipinski definition) is 1. The first kappa shape index (κ1) is 16.4. The highest BCUT2D eigenvalue weighted by Gasteiger charge is 2.44. The Morgan fingerprint density at radius 3 is 2.24 bits per heavy atom. The maximum atomic E-state index is 12.0. The second kappa shape index (κ2) is 6.36. The van der Waals surface area contributed by atoms with Gasteiger partial charge in [0, 0.05) is 13.2 Å². The van der Waals surface area contributed by atoms with Gasteiger partial charge in [0.05, 0.1) is 17.6 Å². The van der Waals surface area contributed by atoms with Crippen molar-refractivity contribution in [1.82, 2.24) is 0 Å². The normalized spacial score (nSPS) is 14.5. The monoisotopic (exact) mass is 245 g/mol. The molecule has 0 saturated carbocycles. The predicted molar refractivity (Wildman–Crippen MR) is 68.7 cm³/mol. The first-order valence-corrected chi connectivity index (χ1v) is 6.13. The summed E-state index contributed by atoms with van der Waals surface area (Å²) in [7, 11) is 1.60. The molecule has 0 spiro atoms. The summed E-state index contributed by atoms with van der Waals surface area (Å²) in [6.45, 7) is 9.81. The molecule has 102 valence electrons. The van der Waals surface area contributed by atoms with Gasteiger partial charge in [0.2, 0.25) is 0 Å². The van der Waals surface area contributed by atoms with Crippen molar-refractivity contribution >= 4 is 5.97 Å². The molecule has 0 aromatic carbocycles. The number of methoxy groups -OCH3 is 1. The van der Waals surface area contributed by atoms with E-state index in [1.807, 2.05) is 34.6 Å². The van der Waals surface area contributed by atoms with Gasteiger partial charge in [-0.25, -0.2) is 0 Å². The van der Waals surface area contributed by atoms with Gasteiger partial charge in [-0.05, 0) is 47.5 Å². The zero-order chi connectivity index (χ0) is 13.7. The van der Waals surface area contributed by atoms with Crippen LogP contribution in [-0.2, 0) is 14.3 Å². The number of rotatable bonds is 7. The summed E-state index contributed by atoms with van der Waals surface area (Å²) in [5, 5.41) is 0. The maximum Gasteiger partial charge on any atom is 0.314 e. The predicted octanol–water partition coefficient (Wildman–Crippen LogP) is 2.11. The Morgan fingerprint density at radius 2 is 1.82 bits per heavy atom. The second-order valence-corrected chi connectivity index (χ2v) is 5.59. The van der Waals surface area contributed by atoms with Crippen LogP contribution in [0.25, 0.3) is 0 Å². The van der Waals surface area contributed by atoms with Crippen LogP contribution < -0.4 is 5.73 Å². The van der Waals surface area contributed by atoms with Crippen LogP contribution >= 0.6 is 0 Å². The summed E-state index contributed by atoms with van der Waals surface area (Å²) in [4.78, 5) is 12.0. The van der Waals surface area contributed by atoms with Crippen LogP contribution in [0.1, 0.15) is 47.5 Å². The maximum absolute atomic E-state index is 12.0. The minimum Gasteiger partial charge on any atom is -0.465 e. The molecule has 0 aliphatic carbocycles. The van der Waals surface area contributed by atoms with Crippen LogP contribution in [0, 0.1) is 5.41 Å². The Hall–Kier alpha value is -0.610. The molecule has 0 saturated heterocycles. The Bertz CT molecular complexity index is 247. The molecule has 1 atom stereocenters. The minimum atomic E-state index is -0.671. The lowest BCUT2D eigenvalue weighted by Crippen LogP contribution is -2.47. The van der Waals surface area contributed by atoms with Gasteiger partial charge in [-0.2, -0.15) is 0 Å². The Morgan fingerprint density at radius 1 is 1.29 bits per heavy atom. The molecule has 17 heavy (non-hydrogen) atoms. The third-order valence-electron chi connectivity index (χ3n) is 3.56. The van der Waals surface area contributed by atoms with Crippen molar-refractivity contribution in [3.63, 3.8) is 0 Å². The van der Waals surface area contributed by atoms with E-state index < -0.39 is 11.0 Å². The third kappa shape index (κ3) is 4.64. The summed E-state index contributed by atoms with van der Waals surface area (Å²) >= 11 is 0. The van der Waals surface area contributed by atoms with Crippen molar-refractivity contribution < 1.29 is 14.3 Å². The van der Waals surface area contributed by atoms with E-state index in [2.05, 4.69) is 0 Å². The highest BCUT2D eigenvalue weighted by Crippen LogP contribution is 2.34. The second-order valence-electron chi connectivity index (χ2n) is 5.59. The largest absolute Gasteiger partial charge is 0.465 e. The van der Waals surface area contributed by atoms with Crippen LogP contribution in [0.3, 0.4) is 0 Å². The molecule has 2 N–H and O–H groups in total. The SMILES string of the molecule is COC(C)(C)C(C)(C)C(=O)OCCCC(C)N. The van der Waals surface area contributed by atoms with Crippen molar-refractivity contribution in [3.8, 4) is 0 Å². The van der Waals surface area contributed by atoms with Crippen molar-refractivity contribution in [2.75, 3.05) is 13.7 Å². The van der Waals surface area contributed by atoms with Gasteiger partial charge in [-0.3, -0.25) is 4.79 Å². The number of esters is 1. The molecule has 0 radical (unpaired) electrons. The number of carbonyl (C=O) groups excluding carboxylic acids is 1. The molecule has 0 fully saturated rings. The number of ether oxygens (including phenoxy) is 2. The molecule has 4 nitrogen and oxygen atoms in total.